The van der Waals surface area contributed by atoms with Gasteiger partial charge in [0, 0.05) is 0 Å². The van der Waals surface area contributed by atoms with E-state index in [4.69, 9.17) is 4.74 Å². The van der Waals surface area contributed by atoms with Gasteiger partial charge in [-0.3, -0.25) is 0 Å². The molecule has 34 heavy (non-hydrogen) atoms. The van der Waals surface area contributed by atoms with Crippen LogP contribution in [0.1, 0.15) is 15.9 Å². The van der Waals surface area contributed by atoms with Gasteiger partial charge in [0.15, 0.2) is 5.75 Å². The van der Waals surface area contributed by atoms with Crippen LogP contribution in [0.4, 0.5) is 0 Å². The highest BCUT2D eigenvalue weighted by molar-refractivity contribution is 7.91. The number of ether oxygens (including phenoxy) is 1. The molecule has 5 aromatic rings. The summed E-state index contributed by atoms with van der Waals surface area (Å²) in [6.07, 6.45) is 0. The first-order valence-corrected chi connectivity index (χ1v) is 12.0. The van der Waals surface area contributed by atoms with Crippen LogP contribution in [0.3, 0.4) is 0 Å². The molecule has 168 valence electrons. The average molecular weight is 470 g/mol. The van der Waals surface area contributed by atoms with Crippen LogP contribution in [-0.2, 0) is 9.84 Å². The lowest BCUT2D eigenvalue weighted by molar-refractivity contribution is 0.0734. The van der Waals surface area contributed by atoms with Crippen molar-refractivity contribution in [3.63, 3.8) is 0 Å². The molecule has 1 heterocycles. The first kappa shape index (κ1) is 21.5. The molecule has 0 saturated heterocycles. The lowest BCUT2D eigenvalue weighted by Crippen LogP contribution is -2.12. The van der Waals surface area contributed by atoms with Crippen LogP contribution in [0.15, 0.2) is 107 Å². The van der Waals surface area contributed by atoms with Gasteiger partial charge in [-0.05, 0) is 73.2 Å². The third kappa shape index (κ3) is 4.06. The topological polar surface area (TPSA) is 91.2 Å². The predicted octanol–water partition coefficient (Wildman–Crippen LogP) is 4.78. The van der Waals surface area contributed by atoms with Crippen molar-refractivity contribution in [3.8, 4) is 11.4 Å². The summed E-state index contributed by atoms with van der Waals surface area (Å²) in [5.74, 6) is -0.331. The normalized spacial score (nSPS) is 11.4. The Labute approximate surface area is 196 Å². The van der Waals surface area contributed by atoms with E-state index in [0.717, 1.165) is 16.6 Å². The molecule has 5 rings (SSSR count). The van der Waals surface area contributed by atoms with Gasteiger partial charge in [0.25, 0.3) is 0 Å². The van der Waals surface area contributed by atoms with Gasteiger partial charge in [0.2, 0.25) is 9.84 Å². The monoisotopic (exact) mass is 469 g/mol. The quantitative estimate of drug-likeness (QED) is 0.272. The number of fused-ring (bicyclic) bond motifs is 1. The van der Waals surface area contributed by atoms with E-state index in [0.29, 0.717) is 5.69 Å². The number of aryl methyl sites for hydroxylation is 1. The van der Waals surface area contributed by atoms with Crippen LogP contribution in [0, 0.1) is 6.92 Å². The summed E-state index contributed by atoms with van der Waals surface area (Å²) >= 11 is 0. The Bertz CT molecular complexity index is 1580. The Hall–Kier alpha value is -4.30. The van der Waals surface area contributed by atoms with E-state index < -0.39 is 15.8 Å². The third-order valence-electron chi connectivity index (χ3n) is 5.27. The van der Waals surface area contributed by atoms with Gasteiger partial charge in [-0.15, -0.1) is 15.0 Å². The van der Waals surface area contributed by atoms with Crippen LogP contribution < -0.4 is 4.74 Å². The molecule has 0 N–H and O–H groups in total. The fraction of sp³-hybridized carbons (Fsp3) is 0.0385. The average Bonchev–Trinajstić information content (AvgIpc) is 3.30. The van der Waals surface area contributed by atoms with Gasteiger partial charge in [0.1, 0.15) is 16.7 Å². The van der Waals surface area contributed by atoms with E-state index in [9.17, 15) is 13.2 Å². The van der Waals surface area contributed by atoms with E-state index in [2.05, 4.69) is 10.2 Å². The molecule has 0 amide bonds. The molecule has 0 aliphatic rings. The molecular weight excluding hydrogens is 450 g/mol. The maximum Gasteiger partial charge on any atom is 0.343 e. The van der Waals surface area contributed by atoms with Gasteiger partial charge in [-0.2, -0.15) is 0 Å². The summed E-state index contributed by atoms with van der Waals surface area (Å²) in [6, 6.07) is 26.6. The Morgan fingerprint density at radius 1 is 0.765 bits per heavy atom. The summed E-state index contributed by atoms with van der Waals surface area (Å²) in [6.45, 7) is 1.92. The minimum Gasteiger partial charge on any atom is -0.421 e. The van der Waals surface area contributed by atoms with Crippen molar-refractivity contribution in [1.82, 2.24) is 15.0 Å². The number of aromatic nitrogens is 3. The van der Waals surface area contributed by atoms with E-state index >= 15 is 0 Å². The smallest absolute Gasteiger partial charge is 0.343 e. The largest absolute Gasteiger partial charge is 0.421 e. The van der Waals surface area contributed by atoms with Crippen LogP contribution in [-0.4, -0.2) is 29.4 Å². The first-order chi connectivity index (χ1) is 16.4. The van der Waals surface area contributed by atoms with E-state index in [-0.39, 0.29) is 21.1 Å². The molecule has 1 aromatic heterocycles. The molecule has 0 aliphatic heterocycles. The van der Waals surface area contributed by atoms with Crippen LogP contribution in [0.25, 0.3) is 16.7 Å². The van der Waals surface area contributed by atoms with Crippen molar-refractivity contribution in [2.45, 2.75) is 16.7 Å². The SMILES string of the molecule is Cc1ccc(OC(=O)c2ccc(S(=O)(=O)c3ccccc3)cc2)c(-n2nc3ccccc3n2)c1. The molecule has 0 fully saturated rings. The van der Waals surface area contributed by atoms with Crippen molar-refractivity contribution >= 4 is 26.8 Å². The number of hydrogen-bond acceptors (Lipinski definition) is 6. The van der Waals surface area contributed by atoms with Crippen molar-refractivity contribution in [2.75, 3.05) is 0 Å². The van der Waals surface area contributed by atoms with Gasteiger partial charge in [-0.1, -0.05) is 36.4 Å². The summed E-state index contributed by atoms with van der Waals surface area (Å²) in [4.78, 5) is 14.6. The number of rotatable bonds is 5. The van der Waals surface area contributed by atoms with Crippen LogP contribution in [0.2, 0.25) is 0 Å². The zero-order valence-corrected chi connectivity index (χ0v) is 18.9. The van der Waals surface area contributed by atoms with Crippen molar-refractivity contribution < 1.29 is 17.9 Å². The summed E-state index contributed by atoms with van der Waals surface area (Å²) in [5, 5.41) is 8.96. The maximum absolute atomic E-state index is 12.9. The van der Waals surface area contributed by atoms with E-state index in [1.165, 1.54) is 41.2 Å². The van der Waals surface area contributed by atoms with Crippen molar-refractivity contribution in [1.29, 1.82) is 0 Å². The number of sulfone groups is 1. The van der Waals surface area contributed by atoms with Crippen molar-refractivity contribution in [2.24, 2.45) is 0 Å². The maximum atomic E-state index is 12.9. The molecule has 4 aromatic carbocycles. The highest BCUT2D eigenvalue weighted by Gasteiger charge is 2.19. The fourth-order valence-corrected chi connectivity index (χ4v) is 4.78. The molecule has 0 radical (unpaired) electrons. The predicted molar refractivity (Wildman–Crippen MR) is 127 cm³/mol. The molecule has 7 nitrogen and oxygen atoms in total. The standard InChI is InChI=1S/C26H19N3O4S/c1-18-11-16-25(24(17-18)29-27-22-9-5-6-10-23(22)28-29)33-26(30)19-12-14-21(15-13-19)34(31,32)20-7-3-2-4-8-20/h2-17H,1H3. The van der Waals surface area contributed by atoms with Gasteiger partial charge in [-0.25, -0.2) is 13.2 Å². The molecule has 0 aliphatic carbocycles. The molecule has 0 atom stereocenters. The molecule has 0 bridgehead atoms. The number of nitrogens with zero attached hydrogens (tertiary/aromatic N) is 3. The fourth-order valence-electron chi connectivity index (χ4n) is 3.50. The summed E-state index contributed by atoms with van der Waals surface area (Å²) in [7, 11) is -3.67. The number of carbonyl (C=O) groups is 1. The molecular formula is C26H19N3O4S. The van der Waals surface area contributed by atoms with E-state index in [1.54, 1.807) is 24.3 Å². The molecule has 0 saturated carbocycles. The zero-order chi connectivity index (χ0) is 23.7. The first-order valence-electron chi connectivity index (χ1n) is 10.5. The van der Waals surface area contributed by atoms with Crippen LogP contribution >= 0.6 is 0 Å². The third-order valence-corrected chi connectivity index (χ3v) is 7.06. The minimum absolute atomic E-state index is 0.0960. The molecule has 0 unspecified atom stereocenters. The highest BCUT2D eigenvalue weighted by Crippen LogP contribution is 2.26. The Morgan fingerprint density at radius 2 is 1.35 bits per heavy atom. The highest BCUT2D eigenvalue weighted by atomic mass is 32.2. The number of hydrogen-bond donors (Lipinski definition) is 0. The van der Waals surface area contributed by atoms with Crippen LogP contribution in [0.5, 0.6) is 5.75 Å². The lowest BCUT2D eigenvalue weighted by atomic mass is 10.2. The van der Waals surface area contributed by atoms with E-state index in [1.807, 2.05) is 43.3 Å². The lowest BCUT2D eigenvalue weighted by Gasteiger charge is -2.11. The number of esters is 1. The molecule has 8 heteroatoms. The second kappa shape index (κ2) is 8.57. The Balaban J connectivity index is 1.43. The molecule has 0 spiro atoms. The van der Waals surface area contributed by atoms with Gasteiger partial charge < -0.3 is 4.74 Å². The summed E-state index contributed by atoms with van der Waals surface area (Å²) in [5.41, 5.74) is 3.13. The van der Waals surface area contributed by atoms with Gasteiger partial charge in [0.05, 0.1) is 15.4 Å². The van der Waals surface area contributed by atoms with Gasteiger partial charge >= 0.3 is 5.97 Å². The second-order valence-electron chi connectivity index (χ2n) is 7.68. The summed E-state index contributed by atoms with van der Waals surface area (Å²) < 4.78 is 31.2. The number of benzene rings is 4. The Kier molecular flexibility index (Phi) is 5.43. The Morgan fingerprint density at radius 3 is 2.00 bits per heavy atom. The van der Waals surface area contributed by atoms with Crippen molar-refractivity contribution in [3.05, 3.63) is 108 Å². The number of carbonyl (C=O) groups excluding carboxylic acids is 1. The minimum atomic E-state index is -3.67. The zero-order valence-electron chi connectivity index (χ0n) is 18.1. The second-order valence-corrected chi connectivity index (χ2v) is 9.63.